The maximum absolute atomic E-state index is 6.06. The summed E-state index contributed by atoms with van der Waals surface area (Å²) in [5.74, 6) is 1.45. The highest BCUT2D eigenvalue weighted by molar-refractivity contribution is 6.30. The van der Waals surface area contributed by atoms with E-state index < -0.39 is 0 Å². The van der Waals surface area contributed by atoms with E-state index in [1.165, 1.54) is 0 Å². The lowest BCUT2D eigenvalue weighted by molar-refractivity contribution is 1.02. The molecule has 0 saturated heterocycles. The molecule has 0 fully saturated rings. The molecule has 1 heterocycles. The topological polar surface area (TPSA) is 16.1 Å². The molecule has 14 heavy (non-hydrogen) atoms. The van der Waals surface area contributed by atoms with Crippen LogP contribution in [0.15, 0.2) is 6.07 Å². The molecule has 0 aliphatic carbocycles. The van der Waals surface area contributed by atoms with Crippen molar-refractivity contribution in [3.63, 3.8) is 0 Å². The molecule has 78 valence electrons. The van der Waals surface area contributed by atoms with Gasteiger partial charge in [-0.25, -0.2) is 4.98 Å². The number of rotatable bonds is 3. The van der Waals surface area contributed by atoms with E-state index in [-0.39, 0.29) is 0 Å². The van der Waals surface area contributed by atoms with Crippen molar-refractivity contribution in [3.8, 4) is 0 Å². The van der Waals surface area contributed by atoms with Crippen molar-refractivity contribution in [1.29, 1.82) is 0 Å². The van der Waals surface area contributed by atoms with Gasteiger partial charge in [0.1, 0.15) is 11.0 Å². The van der Waals surface area contributed by atoms with E-state index >= 15 is 0 Å². The highest BCUT2D eigenvalue weighted by Crippen LogP contribution is 2.23. The van der Waals surface area contributed by atoms with Gasteiger partial charge in [0, 0.05) is 20.0 Å². The summed E-state index contributed by atoms with van der Waals surface area (Å²) >= 11 is 11.7. The molecular formula is C10H14Cl2N2. The molecule has 1 aromatic rings. The predicted molar refractivity (Wildman–Crippen MR) is 62.7 cm³/mol. The molecule has 0 bridgehead atoms. The van der Waals surface area contributed by atoms with Gasteiger partial charge >= 0.3 is 0 Å². The summed E-state index contributed by atoms with van der Waals surface area (Å²) in [6.45, 7) is 2.03. The minimum Gasteiger partial charge on any atom is -0.363 e. The normalized spacial score (nSPS) is 10.4. The number of aromatic nitrogens is 1. The van der Waals surface area contributed by atoms with Gasteiger partial charge in [0.15, 0.2) is 0 Å². The summed E-state index contributed by atoms with van der Waals surface area (Å²) in [4.78, 5) is 6.22. The van der Waals surface area contributed by atoms with E-state index in [4.69, 9.17) is 23.2 Å². The molecule has 0 spiro atoms. The van der Waals surface area contributed by atoms with Crippen LogP contribution in [0.2, 0.25) is 5.15 Å². The Labute approximate surface area is 94.8 Å². The van der Waals surface area contributed by atoms with E-state index in [0.29, 0.717) is 11.0 Å². The van der Waals surface area contributed by atoms with Crippen LogP contribution < -0.4 is 4.90 Å². The van der Waals surface area contributed by atoms with Crippen molar-refractivity contribution >= 4 is 29.0 Å². The maximum Gasteiger partial charge on any atom is 0.134 e. The predicted octanol–water partition coefficient (Wildman–Crippen LogP) is 2.89. The van der Waals surface area contributed by atoms with Crippen LogP contribution in [-0.4, -0.2) is 25.0 Å². The van der Waals surface area contributed by atoms with Gasteiger partial charge < -0.3 is 4.90 Å². The number of nitrogens with zero attached hydrogens (tertiary/aromatic N) is 2. The maximum atomic E-state index is 6.06. The van der Waals surface area contributed by atoms with Gasteiger partial charge in [0.2, 0.25) is 0 Å². The van der Waals surface area contributed by atoms with Gasteiger partial charge in [0.05, 0.1) is 0 Å². The fourth-order valence-electron chi connectivity index (χ4n) is 1.27. The van der Waals surface area contributed by atoms with Crippen molar-refractivity contribution < 1.29 is 0 Å². The van der Waals surface area contributed by atoms with Gasteiger partial charge in [-0.05, 0) is 30.5 Å². The molecular weight excluding hydrogens is 219 g/mol. The first-order valence-electron chi connectivity index (χ1n) is 4.45. The molecule has 0 aliphatic heterocycles. The lowest BCUT2D eigenvalue weighted by Crippen LogP contribution is -2.12. The van der Waals surface area contributed by atoms with Crippen molar-refractivity contribution in [2.45, 2.75) is 13.3 Å². The number of hydrogen-bond donors (Lipinski definition) is 0. The fourth-order valence-corrected chi connectivity index (χ4v) is 1.79. The molecule has 0 aromatic carbocycles. The first-order chi connectivity index (χ1) is 6.56. The monoisotopic (exact) mass is 232 g/mol. The van der Waals surface area contributed by atoms with Crippen molar-refractivity contribution in [2.75, 3.05) is 24.9 Å². The number of alkyl halides is 1. The Morgan fingerprint density at radius 2 is 2.07 bits per heavy atom. The Bertz CT molecular complexity index is 301. The van der Waals surface area contributed by atoms with Crippen molar-refractivity contribution in [1.82, 2.24) is 4.98 Å². The second kappa shape index (κ2) is 4.85. The lowest BCUT2D eigenvalue weighted by Gasteiger charge is -2.14. The van der Waals surface area contributed by atoms with Crippen LogP contribution in [0.25, 0.3) is 0 Å². The second-order valence-electron chi connectivity index (χ2n) is 3.40. The third-order valence-corrected chi connectivity index (χ3v) is 2.59. The van der Waals surface area contributed by atoms with E-state index in [1.54, 1.807) is 0 Å². The van der Waals surface area contributed by atoms with Gasteiger partial charge in [-0.2, -0.15) is 0 Å². The number of hydrogen-bond acceptors (Lipinski definition) is 2. The van der Waals surface area contributed by atoms with E-state index in [0.717, 1.165) is 23.4 Å². The van der Waals surface area contributed by atoms with Gasteiger partial charge in [-0.1, -0.05) is 11.6 Å². The van der Waals surface area contributed by atoms with E-state index in [2.05, 4.69) is 4.98 Å². The first kappa shape index (κ1) is 11.6. The summed E-state index contributed by atoms with van der Waals surface area (Å²) in [5.41, 5.74) is 2.20. The average molecular weight is 233 g/mol. The molecule has 1 aromatic heterocycles. The standard InChI is InChI=1S/C10H14Cl2N2/c1-7-6-9(14(2)3)13-10(12)8(7)4-5-11/h6H,4-5H2,1-3H3. The Morgan fingerprint density at radius 1 is 1.43 bits per heavy atom. The summed E-state index contributed by atoms with van der Waals surface area (Å²) in [6.07, 6.45) is 0.771. The molecule has 0 atom stereocenters. The zero-order valence-corrected chi connectivity index (χ0v) is 10.2. The molecule has 0 saturated carbocycles. The molecule has 2 nitrogen and oxygen atoms in total. The summed E-state index contributed by atoms with van der Waals surface area (Å²) in [7, 11) is 3.89. The molecule has 0 unspecified atom stereocenters. The second-order valence-corrected chi connectivity index (χ2v) is 4.14. The molecule has 0 amide bonds. The SMILES string of the molecule is Cc1cc(N(C)C)nc(Cl)c1CCCl. The average Bonchev–Trinajstić information content (AvgIpc) is 2.10. The van der Waals surface area contributed by atoms with E-state index in [9.17, 15) is 0 Å². The van der Waals surface area contributed by atoms with Crippen LogP contribution in [0, 0.1) is 6.92 Å². The fraction of sp³-hybridized carbons (Fsp3) is 0.500. The minimum absolute atomic E-state index is 0.564. The van der Waals surface area contributed by atoms with Gasteiger partial charge in [0.25, 0.3) is 0 Å². The molecule has 0 aliphatic rings. The zero-order valence-electron chi connectivity index (χ0n) is 8.64. The number of aryl methyl sites for hydroxylation is 1. The minimum atomic E-state index is 0.564. The molecule has 0 N–H and O–H groups in total. The lowest BCUT2D eigenvalue weighted by atomic mass is 10.1. The van der Waals surface area contributed by atoms with Gasteiger partial charge in [-0.15, -0.1) is 11.6 Å². The Morgan fingerprint density at radius 3 is 2.50 bits per heavy atom. The summed E-state index contributed by atoms with van der Waals surface area (Å²) in [5, 5.41) is 0.564. The van der Waals surface area contributed by atoms with Gasteiger partial charge in [-0.3, -0.25) is 0 Å². The van der Waals surface area contributed by atoms with Crippen LogP contribution >= 0.6 is 23.2 Å². The Kier molecular flexibility index (Phi) is 4.02. The quantitative estimate of drug-likeness (QED) is 0.589. The van der Waals surface area contributed by atoms with Crippen molar-refractivity contribution in [3.05, 3.63) is 22.3 Å². The van der Waals surface area contributed by atoms with Crippen LogP contribution in [0.4, 0.5) is 5.82 Å². The summed E-state index contributed by atoms with van der Waals surface area (Å²) < 4.78 is 0. The van der Waals surface area contributed by atoms with Crippen LogP contribution in [0.1, 0.15) is 11.1 Å². The highest BCUT2D eigenvalue weighted by Gasteiger charge is 2.08. The molecule has 4 heteroatoms. The molecule has 1 rings (SSSR count). The van der Waals surface area contributed by atoms with Crippen LogP contribution in [-0.2, 0) is 6.42 Å². The number of halogens is 2. The molecule has 0 radical (unpaired) electrons. The Hall–Kier alpha value is -0.470. The number of anilines is 1. The van der Waals surface area contributed by atoms with Crippen molar-refractivity contribution in [2.24, 2.45) is 0 Å². The highest BCUT2D eigenvalue weighted by atomic mass is 35.5. The number of pyridine rings is 1. The smallest absolute Gasteiger partial charge is 0.134 e. The third-order valence-electron chi connectivity index (χ3n) is 2.09. The first-order valence-corrected chi connectivity index (χ1v) is 5.36. The largest absolute Gasteiger partial charge is 0.363 e. The Balaban J connectivity index is 3.11. The van der Waals surface area contributed by atoms with E-state index in [1.807, 2.05) is 32.0 Å². The van der Waals surface area contributed by atoms with Crippen LogP contribution in [0.3, 0.4) is 0 Å². The third kappa shape index (κ3) is 2.52. The summed E-state index contributed by atoms with van der Waals surface area (Å²) in [6, 6.07) is 2.02. The van der Waals surface area contributed by atoms with Crippen LogP contribution in [0.5, 0.6) is 0 Å². The zero-order chi connectivity index (χ0) is 10.7.